The van der Waals surface area contributed by atoms with Crippen LogP contribution >= 0.6 is 0 Å². The third kappa shape index (κ3) is 2.23. The first-order valence-electron chi connectivity index (χ1n) is 9.96. The minimum absolute atomic E-state index is 0.0153. The molecule has 6 rings (SSSR count). The van der Waals surface area contributed by atoms with E-state index in [-0.39, 0.29) is 12.7 Å². The number of nitrogens with one attached hydrogen (secondary N) is 1. The van der Waals surface area contributed by atoms with Crippen LogP contribution in [0.4, 0.5) is 0 Å². The summed E-state index contributed by atoms with van der Waals surface area (Å²) >= 11 is 0. The molecule has 0 unspecified atom stereocenters. The molecule has 0 saturated heterocycles. The number of rotatable bonds is 3. The van der Waals surface area contributed by atoms with Crippen LogP contribution in [-0.2, 0) is 0 Å². The number of para-hydroxylation sites is 1. The molecule has 1 aromatic heterocycles. The molecule has 0 fully saturated rings. The molecule has 1 atom stereocenters. The summed E-state index contributed by atoms with van der Waals surface area (Å²) in [6.45, 7) is 2.39. The first-order chi connectivity index (χ1) is 14.7. The van der Waals surface area contributed by atoms with E-state index in [0.29, 0.717) is 0 Å². The van der Waals surface area contributed by atoms with Gasteiger partial charge in [0.05, 0.1) is 14.2 Å². The molecule has 1 aliphatic heterocycles. The van der Waals surface area contributed by atoms with Crippen LogP contribution in [0.3, 0.4) is 0 Å². The highest BCUT2D eigenvalue weighted by Crippen LogP contribution is 2.57. The summed E-state index contributed by atoms with van der Waals surface area (Å²) in [5, 5.41) is 1.22. The number of hydrogen-bond donors (Lipinski definition) is 1. The average Bonchev–Trinajstić information content (AvgIpc) is 3.44. The highest BCUT2D eigenvalue weighted by Gasteiger charge is 2.37. The fourth-order valence-electron chi connectivity index (χ4n) is 4.96. The van der Waals surface area contributed by atoms with Crippen LogP contribution in [0, 0.1) is 6.92 Å². The van der Waals surface area contributed by atoms with Gasteiger partial charge in [-0.1, -0.05) is 18.2 Å². The van der Waals surface area contributed by atoms with E-state index in [0.717, 1.165) is 50.9 Å². The average molecular weight is 399 g/mol. The van der Waals surface area contributed by atoms with Gasteiger partial charge in [-0.15, -0.1) is 0 Å². The van der Waals surface area contributed by atoms with Crippen molar-refractivity contribution in [1.29, 1.82) is 0 Å². The van der Waals surface area contributed by atoms with Gasteiger partial charge >= 0.3 is 0 Å². The standard InChI is InChI=1S/C25H21NO4/c1-13-23(15-6-4-5-7-19(15)26-13)25-18-11-21-20(29-12-30-21)10-16(18)17-8-14(27-2)9-22(28-3)24(17)25/h4-11,25-26H,12H2,1-3H3/t25-/m0/s1. The van der Waals surface area contributed by atoms with Gasteiger partial charge in [0.1, 0.15) is 11.5 Å². The van der Waals surface area contributed by atoms with Crippen molar-refractivity contribution in [3.05, 3.63) is 70.9 Å². The zero-order chi connectivity index (χ0) is 20.4. The lowest BCUT2D eigenvalue weighted by molar-refractivity contribution is 0.174. The van der Waals surface area contributed by atoms with Gasteiger partial charge in [-0.3, -0.25) is 0 Å². The maximum atomic E-state index is 5.86. The van der Waals surface area contributed by atoms with E-state index in [2.05, 4.69) is 54.4 Å². The van der Waals surface area contributed by atoms with Crippen molar-refractivity contribution in [2.24, 2.45) is 0 Å². The van der Waals surface area contributed by atoms with Crippen LogP contribution in [-0.4, -0.2) is 26.0 Å². The second-order valence-electron chi connectivity index (χ2n) is 7.73. The normalized spacial score (nSPS) is 15.9. The summed E-state index contributed by atoms with van der Waals surface area (Å²) in [6.07, 6.45) is 0. The monoisotopic (exact) mass is 399 g/mol. The van der Waals surface area contributed by atoms with E-state index in [9.17, 15) is 0 Å². The quantitative estimate of drug-likeness (QED) is 0.442. The zero-order valence-corrected chi connectivity index (χ0v) is 17.0. The number of benzene rings is 3. The Hall–Kier alpha value is -3.60. The van der Waals surface area contributed by atoms with Crippen molar-refractivity contribution < 1.29 is 18.9 Å². The van der Waals surface area contributed by atoms with Crippen LogP contribution in [0.1, 0.15) is 28.3 Å². The summed E-state index contributed by atoms with van der Waals surface area (Å²) in [4.78, 5) is 3.56. The molecule has 2 heterocycles. The molecular formula is C25H21NO4. The molecule has 5 nitrogen and oxygen atoms in total. The third-order valence-electron chi connectivity index (χ3n) is 6.24. The van der Waals surface area contributed by atoms with E-state index in [1.807, 2.05) is 6.07 Å². The van der Waals surface area contributed by atoms with Gasteiger partial charge in [-0.25, -0.2) is 0 Å². The molecule has 0 amide bonds. The van der Waals surface area contributed by atoms with Gasteiger partial charge < -0.3 is 23.9 Å². The number of hydrogen-bond acceptors (Lipinski definition) is 4. The van der Waals surface area contributed by atoms with Crippen LogP contribution in [0.25, 0.3) is 22.0 Å². The fourth-order valence-corrected chi connectivity index (χ4v) is 4.96. The van der Waals surface area contributed by atoms with Gasteiger partial charge in [0.15, 0.2) is 11.5 Å². The Kier molecular flexibility index (Phi) is 3.57. The van der Waals surface area contributed by atoms with Crippen LogP contribution in [0.2, 0.25) is 0 Å². The van der Waals surface area contributed by atoms with Crippen LogP contribution < -0.4 is 18.9 Å². The number of ether oxygens (including phenoxy) is 4. The van der Waals surface area contributed by atoms with E-state index >= 15 is 0 Å². The lowest BCUT2D eigenvalue weighted by Crippen LogP contribution is -2.03. The summed E-state index contributed by atoms with van der Waals surface area (Å²) in [5.41, 5.74) is 8.10. The Bertz CT molecular complexity index is 1320. The van der Waals surface area contributed by atoms with E-state index < -0.39 is 0 Å². The number of aromatic amines is 1. The molecule has 2 aliphatic rings. The number of fused-ring (bicyclic) bond motifs is 5. The molecule has 0 radical (unpaired) electrons. The Balaban J connectivity index is 1.72. The third-order valence-corrected chi connectivity index (χ3v) is 6.24. The fraction of sp³-hybridized carbons (Fsp3) is 0.200. The number of methoxy groups -OCH3 is 2. The van der Waals surface area contributed by atoms with Crippen LogP contribution in [0.5, 0.6) is 23.0 Å². The van der Waals surface area contributed by atoms with Crippen molar-refractivity contribution >= 4 is 10.9 Å². The summed E-state index contributed by atoms with van der Waals surface area (Å²) in [7, 11) is 3.39. The molecule has 150 valence electrons. The van der Waals surface area contributed by atoms with Crippen molar-refractivity contribution in [2.45, 2.75) is 12.8 Å². The van der Waals surface area contributed by atoms with Crippen molar-refractivity contribution in [1.82, 2.24) is 4.98 Å². The lowest BCUT2D eigenvalue weighted by atomic mass is 9.86. The molecule has 0 spiro atoms. The van der Waals surface area contributed by atoms with E-state index in [1.54, 1.807) is 14.2 Å². The van der Waals surface area contributed by atoms with Crippen molar-refractivity contribution in [2.75, 3.05) is 21.0 Å². The molecule has 5 heteroatoms. The Morgan fingerprint density at radius 1 is 0.900 bits per heavy atom. The van der Waals surface area contributed by atoms with E-state index in [4.69, 9.17) is 18.9 Å². The molecule has 4 aromatic rings. The number of H-pyrrole nitrogens is 1. The first kappa shape index (κ1) is 17.3. The first-order valence-corrected chi connectivity index (χ1v) is 9.96. The molecule has 3 aromatic carbocycles. The van der Waals surface area contributed by atoms with Gasteiger partial charge in [-0.05, 0) is 53.4 Å². The number of aromatic nitrogens is 1. The maximum Gasteiger partial charge on any atom is 0.231 e. The molecule has 1 N–H and O–H groups in total. The largest absolute Gasteiger partial charge is 0.497 e. The Morgan fingerprint density at radius 3 is 2.50 bits per heavy atom. The molecule has 1 aliphatic carbocycles. The molecule has 0 saturated carbocycles. The zero-order valence-electron chi connectivity index (χ0n) is 17.0. The summed E-state index contributed by atoms with van der Waals surface area (Å²) in [5.74, 6) is 3.16. The lowest BCUT2D eigenvalue weighted by Gasteiger charge is -2.18. The van der Waals surface area contributed by atoms with Gasteiger partial charge in [0.25, 0.3) is 0 Å². The Labute approximate surface area is 174 Å². The molecular weight excluding hydrogens is 378 g/mol. The van der Waals surface area contributed by atoms with Crippen molar-refractivity contribution in [3.8, 4) is 34.1 Å². The predicted octanol–water partition coefficient (Wildman–Crippen LogP) is 5.38. The highest BCUT2D eigenvalue weighted by molar-refractivity contribution is 5.92. The second-order valence-corrected chi connectivity index (χ2v) is 7.73. The SMILES string of the molecule is COc1cc(OC)c2c(c1)-c1cc3c(cc1[C@H]2c1c(C)[nH]c2ccccc12)OCO3. The topological polar surface area (TPSA) is 52.7 Å². The van der Waals surface area contributed by atoms with Gasteiger partial charge in [0.2, 0.25) is 6.79 Å². The highest BCUT2D eigenvalue weighted by atomic mass is 16.7. The number of aryl methyl sites for hydroxylation is 1. The van der Waals surface area contributed by atoms with E-state index in [1.165, 1.54) is 16.5 Å². The maximum absolute atomic E-state index is 5.86. The Morgan fingerprint density at radius 2 is 1.70 bits per heavy atom. The predicted molar refractivity (Wildman–Crippen MR) is 115 cm³/mol. The minimum Gasteiger partial charge on any atom is -0.497 e. The van der Waals surface area contributed by atoms with Gasteiger partial charge in [0, 0.05) is 34.1 Å². The minimum atomic E-state index is 0.0153. The molecule has 30 heavy (non-hydrogen) atoms. The summed E-state index contributed by atoms with van der Waals surface area (Å²) in [6, 6.07) is 16.7. The smallest absolute Gasteiger partial charge is 0.231 e. The van der Waals surface area contributed by atoms with Crippen LogP contribution in [0.15, 0.2) is 48.5 Å². The molecule has 0 bridgehead atoms. The van der Waals surface area contributed by atoms with Gasteiger partial charge in [-0.2, -0.15) is 0 Å². The summed E-state index contributed by atoms with van der Waals surface area (Å²) < 4.78 is 22.8. The van der Waals surface area contributed by atoms with Crippen molar-refractivity contribution in [3.63, 3.8) is 0 Å². The second kappa shape index (κ2) is 6.20.